The highest BCUT2D eigenvalue weighted by atomic mass is 16.1. The topological polar surface area (TPSA) is 42.0 Å². The number of hydrogen-bond acceptors (Lipinski definition) is 2. The summed E-state index contributed by atoms with van der Waals surface area (Å²) in [5, 5.41) is 5.36. The van der Waals surface area contributed by atoms with Gasteiger partial charge in [-0.2, -0.15) is 0 Å². The lowest BCUT2D eigenvalue weighted by atomic mass is 9.89. The standard InChI is InChI=1S/C25H36N2O/c1-2-3-4-5-6-7-8-9-12-20-13-10-15-23(20)25(28)27-24-16-11-14-21-19-26-18-17-22(21)24/h11,14,16-20,23H,2-10,12-13,15H2,1H3,(H,27,28). The van der Waals surface area contributed by atoms with Gasteiger partial charge in [0.1, 0.15) is 0 Å². The lowest BCUT2D eigenvalue weighted by molar-refractivity contribution is -0.120. The fourth-order valence-corrected chi connectivity index (χ4v) is 4.72. The van der Waals surface area contributed by atoms with Crippen molar-refractivity contribution in [1.29, 1.82) is 0 Å². The van der Waals surface area contributed by atoms with Crippen LogP contribution in [0.2, 0.25) is 0 Å². The lowest BCUT2D eigenvalue weighted by Crippen LogP contribution is -2.26. The van der Waals surface area contributed by atoms with Crippen LogP contribution in [-0.2, 0) is 4.79 Å². The molecule has 2 atom stereocenters. The molecule has 3 rings (SSSR count). The quantitative estimate of drug-likeness (QED) is 0.422. The number of carbonyl (C=O) groups excluding carboxylic acids is 1. The third kappa shape index (κ3) is 5.80. The van der Waals surface area contributed by atoms with Crippen molar-refractivity contribution in [3.05, 3.63) is 36.7 Å². The Labute approximate surface area is 170 Å². The summed E-state index contributed by atoms with van der Waals surface area (Å²) < 4.78 is 0. The molecule has 0 spiro atoms. The van der Waals surface area contributed by atoms with Crippen LogP contribution in [-0.4, -0.2) is 10.9 Å². The summed E-state index contributed by atoms with van der Waals surface area (Å²) >= 11 is 0. The van der Waals surface area contributed by atoms with Crippen LogP contribution >= 0.6 is 0 Å². The van der Waals surface area contributed by atoms with Gasteiger partial charge in [-0.25, -0.2) is 0 Å². The van der Waals surface area contributed by atoms with Crippen LogP contribution in [0.3, 0.4) is 0 Å². The monoisotopic (exact) mass is 380 g/mol. The number of fused-ring (bicyclic) bond motifs is 1. The van der Waals surface area contributed by atoms with Crippen molar-refractivity contribution in [2.45, 2.75) is 84.0 Å². The van der Waals surface area contributed by atoms with Gasteiger partial charge in [0.05, 0.1) is 0 Å². The molecule has 3 heteroatoms. The molecule has 152 valence electrons. The first-order valence-corrected chi connectivity index (χ1v) is 11.4. The number of anilines is 1. The van der Waals surface area contributed by atoms with E-state index in [4.69, 9.17) is 0 Å². The molecule has 0 bridgehead atoms. The van der Waals surface area contributed by atoms with Crippen LogP contribution in [0.15, 0.2) is 36.7 Å². The average molecular weight is 381 g/mol. The van der Waals surface area contributed by atoms with Gasteiger partial charge in [-0.05, 0) is 37.3 Å². The molecule has 0 aliphatic heterocycles. The number of nitrogens with zero attached hydrogens (tertiary/aromatic N) is 1. The van der Waals surface area contributed by atoms with Gasteiger partial charge < -0.3 is 5.32 Å². The lowest BCUT2D eigenvalue weighted by Gasteiger charge is -2.19. The van der Waals surface area contributed by atoms with E-state index in [1.165, 1.54) is 70.6 Å². The smallest absolute Gasteiger partial charge is 0.227 e. The van der Waals surface area contributed by atoms with E-state index in [-0.39, 0.29) is 11.8 Å². The van der Waals surface area contributed by atoms with Crippen molar-refractivity contribution < 1.29 is 4.79 Å². The maximum absolute atomic E-state index is 13.0. The Balaban J connectivity index is 1.45. The minimum atomic E-state index is 0.182. The number of carbonyl (C=O) groups is 1. The summed E-state index contributed by atoms with van der Waals surface area (Å²) in [6.07, 6.45) is 19.1. The number of amides is 1. The molecule has 3 nitrogen and oxygen atoms in total. The molecule has 1 aliphatic carbocycles. The summed E-state index contributed by atoms with van der Waals surface area (Å²) in [4.78, 5) is 17.2. The molecule has 2 aromatic rings. The molecular formula is C25H36N2O. The first-order valence-electron chi connectivity index (χ1n) is 11.4. The summed E-state index contributed by atoms with van der Waals surface area (Å²) in [5.74, 6) is 0.963. The van der Waals surface area contributed by atoms with E-state index in [2.05, 4.69) is 17.2 Å². The van der Waals surface area contributed by atoms with Crippen molar-refractivity contribution in [3.8, 4) is 0 Å². The Hall–Kier alpha value is -1.90. The molecule has 28 heavy (non-hydrogen) atoms. The van der Waals surface area contributed by atoms with E-state index in [1.807, 2.05) is 30.5 Å². The molecule has 1 amide bonds. The number of aromatic nitrogens is 1. The van der Waals surface area contributed by atoms with Crippen LogP contribution in [0, 0.1) is 11.8 Å². The van der Waals surface area contributed by atoms with Gasteiger partial charge in [-0.15, -0.1) is 0 Å². The molecule has 1 aromatic heterocycles. The number of unbranched alkanes of at least 4 members (excludes halogenated alkanes) is 7. The normalized spacial score (nSPS) is 19.2. The first-order chi connectivity index (χ1) is 13.8. The molecule has 1 aliphatic rings. The molecule has 0 saturated heterocycles. The van der Waals surface area contributed by atoms with Crippen LogP contribution in [0.25, 0.3) is 10.8 Å². The fourth-order valence-electron chi connectivity index (χ4n) is 4.72. The zero-order valence-electron chi connectivity index (χ0n) is 17.5. The maximum atomic E-state index is 13.0. The summed E-state index contributed by atoms with van der Waals surface area (Å²) in [6, 6.07) is 8.02. The second kappa shape index (κ2) is 11.2. The molecule has 1 saturated carbocycles. The maximum Gasteiger partial charge on any atom is 0.227 e. The molecule has 1 aromatic carbocycles. The summed E-state index contributed by atoms with van der Waals surface area (Å²) in [6.45, 7) is 2.27. The highest BCUT2D eigenvalue weighted by molar-refractivity contribution is 6.02. The van der Waals surface area contributed by atoms with Gasteiger partial charge >= 0.3 is 0 Å². The third-order valence-corrected chi connectivity index (χ3v) is 6.36. The zero-order valence-corrected chi connectivity index (χ0v) is 17.5. The van der Waals surface area contributed by atoms with Crippen molar-refractivity contribution in [2.24, 2.45) is 11.8 Å². The number of hydrogen-bond donors (Lipinski definition) is 1. The minimum Gasteiger partial charge on any atom is -0.325 e. The Morgan fingerprint density at radius 3 is 2.64 bits per heavy atom. The average Bonchev–Trinajstić information content (AvgIpc) is 3.19. The molecule has 1 heterocycles. The molecule has 2 unspecified atom stereocenters. The Bertz CT molecular complexity index is 737. The Morgan fingerprint density at radius 2 is 1.82 bits per heavy atom. The second-order valence-corrected chi connectivity index (χ2v) is 8.45. The SMILES string of the molecule is CCCCCCCCCCC1CCCC1C(=O)Nc1cccc2cnccc12. The number of benzene rings is 1. The van der Waals surface area contributed by atoms with Gasteiger partial charge in [-0.3, -0.25) is 9.78 Å². The predicted octanol–water partition coefficient (Wildman–Crippen LogP) is 7.12. The van der Waals surface area contributed by atoms with E-state index < -0.39 is 0 Å². The number of pyridine rings is 1. The zero-order chi connectivity index (χ0) is 19.6. The van der Waals surface area contributed by atoms with E-state index >= 15 is 0 Å². The van der Waals surface area contributed by atoms with E-state index in [0.29, 0.717) is 5.92 Å². The van der Waals surface area contributed by atoms with Crippen LogP contribution in [0.4, 0.5) is 5.69 Å². The van der Waals surface area contributed by atoms with E-state index in [9.17, 15) is 4.79 Å². The second-order valence-electron chi connectivity index (χ2n) is 8.45. The van der Waals surface area contributed by atoms with Crippen molar-refractivity contribution in [1.82, 2.24) is 4.98 Å². The van der Waals surface area contributed by atoms with Gasteiger partial charge in [0.15, 0.2) is 0 Å². The van der Waals surface area contributed by atoms with Crippen molar-refractivity contribution in [2.75, 3.05) is 5.32 Å². The van der Waals surface area contributed by atoms with Crippen LogP contribution in [0.5, 0.6) is 0 Å². The molecular weight excluding hydrogens is 344 g/mol. The van der Waals surface area contributed by atoms with Gasteiger partial charge in [-0.1, -0.05) is 76.8 Å². The fraction of sp³-hybridized carbons (Fsp3) is 0.600. The highest BCUT2D eigenvalue weighted by Gasteiger charge is 2.32. The van der Waals surface area contributed by atoms with Crippen LogP contribution in [0.1, 0.15) is 84.0 Å². The molecule has 0 radical (unpaired) electrons. The highest BCUT2D eigenvalue weighted by Crippen LogP contribution is 2.36. The number of nitrogens with one attached hydrogen (secondary N) is 1. The Kier molecular flexibility index (Phi) is 8.32. The minimum absolute atomic E-state index is 0.182. The van der Waals surface area contributed by atoms with Gasteiger partial charge in [0.25, 0.3) is 0 Å². The largest absolute Gasteiger partial charge is 0.325 e. The van der Waals surface area contributed by atoms with Crippen molar-refractivity contribution >= 4 is 22.4 Å². The van der Waals surface area contributed by atoms with Crippen LogP contribution < -0.4 is 5.32 Å². The predicted molar refractivity (Wildman–Crippen MR) is 118 cm³/mol. The summed E-state index contributed by atoms with van der Waals surface area (Å²) in [7, 11) is 0. The van der Waals surface area contributed by atoms with E-state index in [0.717, 1.165) is 22.9 Å². The summed E-state index contributed by atoms with van der Waals surface area (Å²) in [5.41, 5.74) is 0.919. The molecule has 1 N–H and O–H groups in total. The Morgan fingerprint density at radius 1 is 1.04 bits per heavy atom. The van der Waals surface area contributed by atoms with Gasteiger partial charge in [0.2, 0.25) is 5.91 Å². The number of rotatable bonds is 11. The first kappa shape index (κ1) is 20.8. The third-order valence-electron chi connectivity index (χ3n) is 6.36. The van der Waals surface area contributed by atoms with Gasteiger partial charge in [0, 0.05) is 34.8 Å². The van der Waals surface area contributed by atoms with E-state index in [1.54, 1.807) is 6.20 Å². The van der Waals surface area contributed by atoms with Crippen molar-refractivity contribution in [3.63, 3.8) is 0 Å². The molecule has 1 fully saturated rings.